The third kappa shape index (κ3) is 4.50. The first-order valence-electron chi connectivity index (χ1n) is 8.70. The highest BCUT2D eigenvalue weighted by Crippen LogP contribution is 2.13. The van der Waals surface area contributed by atoms with Gasteiger partial charge in [0.05, 0.1) is 16.3 Å². The van der Waals surface area contributed by atoms with Crippen LogP contribution in [-0.4, -0.2) is 38.7 Å². The van der Waals surface area contributed by atoms with Crippen LogP contribution in [-0.2, 0) is 0 Å². The van der Waals surface area contributed by atoms with Crippen LogP contribution in [0.25, 0.3) is 5.69 Å². The minimum atomic E-state index is -0.503. The first kappa shape index (κ1) is 19.0. The van der Waals surface area contributed by atoms with E-state index < -0.39 is 4.92 Å². The molecule has 144 valence electrons. The SMILES string of the molecule is Cc1cc(C)n(-c2ccc(C(=O)NCCNc3ccc([N+](=O)[O-])cn3)cc2)n1. The molecule has 9 nitrogen and oxygen atoms in total. The Morgan fingerprint density at radius 1 is 1.14 bits per heavy atom. The fourth-order valence-corrected chi connectivity index (χ4v) is 2.71. The predicted octanol–water partition coefficient (Wildman–Crippen LogP) is 2.63. The summed E-state index contributed by atoms with van der Waals surface area (Å²) in [5, 5.41) is 20.8. The van der Waals surface area contributed by atoms with Gasteiger partial charge in [-0.05, 0) is 50.2 Å². The highest BCUT2D eigenvalue weighted by Gasteiger charge is 2.08. The summed E-state index contributed by atoms with van der Waals surface area (Å²) in [4.78, 5) is 26.3. The van der Waals surface area contributed by atoms with Crippen LogP contribution in [0.2, 0.25) is 0 Å². The molecule has 28 heavy (non-hydrogen) atoms. The quantitative estimate of drug-likeness (QED) is 0.370. The first-order chi connectivity index (χ1) is 13.4. The van der Waals surface area contributed by atoms with E-state index in [2.05, 4.69) is 20.7 Å². The predicted molar refractivity (Wildman–Crippen MR) is 105 cm³/mol. The van der Waals surface area contributed by atoms with Crippen LogP contribution in [0.1, 0.15) is 21.7 Å². The molecule has 0 unspecified atom stereocenters. The molecule has 0 aliphatic carbocycles. The second-order valence-electron chi connectivity index (χ2n) is 6.23. The number of nitrogens with zero attached hydrogens (tertiary/aromatic N) is 4. The van der Waals surface area contributed by atoms with Crippen LogP contribution >= 0.6 is 0 Å². The number of hydrogen-bond acceptors (Lipinski definition) is 6. The highest BCUT2D eigenvalue weighted by molar-refractivity contribution is 5.94. The molecule has 2 heterocycles. The molecule has 0 spiro atoms. The van der Waals surface area contributed by atoms with Crippen LogP contribution in [0.5, 0.6) is 0 Å². The summed E-state index contributed by atoms with van der Waals surface area (Å²) in [6.07, 6.45) is 1.19. The number of hydrogen-bond donors (Lipinski definition) is 2. The fraction of sp³-hybridized carbons (Fsp3) is 0.211. The zero-order chi connectivity index (χ0) is 20.1. The van der Waals surface area contributed by atoms with Gasteiger partial charge in [0, 0.05) is 30.4 Å². The van der Waals surface area contributed by atoms with E-state index in [1.165, 1.54) is 18.3 Å². The molecule has 0 fully saturated rings. The Kier molecular flexibility index (Phi) is 5.64. The number of rotatable bonds is 7. The van der Waals surface area contributed by atoms with Gasteiger partial charge in [-0.25, -0.2) is 9.67 Å². The van der Waals surface area contributed by atoms with Gasteiger partial charge in [-0.15, -0.1) is 0 Å². The van der Waals surface area contributed by atoms with Crippen molar-refractivity contribution in [3.8, 4) is 5.69 Å². The number of aryl methyl sites for hydroxylation is 2. The number of benzene rings is 1. The first-order valence-corrected chi connectivity index (χ1v) is 8.70. The molecule has 2 aromatic heterocycles. The van der Waals surface area contributed by atoms with Crippen molar-refractivity contribution in [2.45, 2.75) is 13.8 Å². The van der Waals surface area contributed by atoms with E-state index in [9.17, 15) is 14.9 Å². The second kappa shape index (κ2) is 8.30. The van der Waals surface area contributed by atoms with Crippen molar-refractivity contribution in [3.05, 3.63) is 75.7 Å². The highest BCUT2D eigenvalue weighted by atomic mass is 16.6. The summed E-state index contributed by atoms with van der Waals surface area (Å²) >= 11 is 0. The smallest absolute Gasteiger partial charge is 0.287 e. The molecule has 0 saturated heterocycles. The maximum atomic E-state index is 12.2. The lowest BCUT2D eigenvalue weighted by atomic mass is 10.2. The molecule has 0 bridgehead atoms. The standard InChI is InChI=1S/C19H20N6O3/c1-13-11-14(2)24(23-13)16-5-3-15(4-6-16)19(26)21-10-9-20-18-8-7-17(12-22-18)25(27)28/h3-8,11-12H,9-10H2,1-2H3,(H,20,22)(H,21,26). The average Bonchev–Trinajstić information content (AvgIpc) is 3.03. The largest absolute Gasteiger partial charge is 0.368 e. The van der Waals surface area contributed by atoms with Crippen molar-refractivity contribution in [2.24, 2.45) is 0 Å². The van der Waals surface area contributed by atoms with Crippen LogP contribution < -0.4 is 10.6 Å². The Labute approximate surface area is 161 Å². The zero-order valence-corrected chi connectivity index (χ0v) is 15.5. The summed E-state index contributed by atoms with van der Waals surface area (Å²) in [6.45, 7) is 4.75. The molecule has 1 aromatic carbocycles. The molecule has 0 aliphatic heterocycles. The second-order valence-corrected chi connectivity index (χ2v) is 6.23. The number of carbonyl (C=O) groups excluding carboxylic acids is 1. The summed E-state index contributed by atoms with van der Waals surface area (Å²) in [5.41, 5.74) is 3.35. The molecule has 9 heteroatoms. The van der Waals surface area contributed by atoms with Crippen LogP contribution in [0.3, 0.4) is 0 Å². The number of nitro groups is 1. The van der Waals surface area contributed by atoms with Crippen molar-refractivity contribution < 1.29 is 9.72 Å². The normalized spacial score (nSPS) is 10.5. The topological polar surface area (TPSA) is 115 Å². The zero-order valence-electron chi connectivity index (χ0n) is 15.5. The Morgan fingerprint density at radius 2 is 1.89 bits per heavy atom. The van der Waals surface area contributed by atoms with E-state index in [4.69, 9.17) is 0 Å². The third-order valence-corrected chi connectivity index (χ3v) is 4.06. The van der Waals surface area contributed by atoms with Gasteiger partial charge in [0.2, 0.25) is 0 Å². The van der Waals surface area contributed by atoms with E-state index in [1.807, 2.05) is 36.7 Å². The van der Waals surface area contributed by atoms with Gasteiger partial charge >= 0.3 is 0 Å². The summed E-state index contributed by atoms with van der Waals surface area (Å²) in [6, 6.07) is 12.1. The Hall–Kier alpha value is -3.75. The van der Waals surface area contributed by atoms with Crippen LogP contribution in [0.4, 0.5) is 11.5 Å². The Balaban J connectivity index is 1.49. The minimum absolute atomic E-state index is 0.0669. The molecule has 3 rings (SSSR count). The summed E-state index contributed by atoms with van der Waals surface area (Å²) in [7, 11) is 0. The number of amides is 1. The van der Waals surface area contributed by atoms with Crippen molar-refractivity contribution in [2.75, 3.05) is 18.4 Å². The van der Waals surface area contributed by atoms with Crippen LogP contribution in [0, 0.1) is 24.0 Å². The van der Waals surface area contributed by atoms with Crippen molar-refractivity contribution in [3.63, 3.8) is 0 Å². The van der Waals surface area contributed by atoms with Gasteiger partial charge in [-0.2, -0.15) is 5.10 Å². The van der Waals surface area contributed by atoms with Crippen molar-refractivity contribution >= 4 is 17.4 Å². The van der Waals surface area contributed by atoms with Gasteiger partial charge < -0.3 is 10.6 Å². The van der Waals surface area contributed by atoms with Gasteiger partial charge in [-0.1, -0.05) is 0 Å². The average molecular weight is 380 g/mol. The number of carbonyl (C=O) groups is 1. The van der Waals surface area contributed by atoms with E-state index in [0.717, 1.165) is 17.1 Å². The molecule has 2 N–H and O–H groups in total. The lowest BCUT2D eigenvalue weighted by molar-refractivity contribution is -0.385. The molecule has 3 aromatic rings. The van der Waals surface area contributed by atoms with E-state index in [0.29, 0.717) is 24.5 Å². The molecule has 1 amide bonds. The van der Waals surface area contributed by atoms with Gasteiger partial charge in [-0.3, -0.25) is 14.9 Å². The molecule has 0 atom stereocenters. The number of nitrogens with one attached hydrogen (secondary N) is 2. The molecule has 0 saturated carbocycles. The van der Waals surface area contributed by atoms with Gasteiger partial charge in [0.25, 0.3) is 11.6 Å². The monoisotopic (exact) mass is 380 g/mol. The van der Waals surface area contributed by atoms with E-state index in [-0.39, 0.29) is 11.6 Å². The van der Waals surface area contributed by atoms with Gasteiger partial charge in [0.15, 0.2) is 0 Å². The summed E-state index contributed by atoms with van der Waals surface area (Å²) < 4.78 is 1.83. The summed E-state index contributed by atoms with van der Waals surface area (Å²) in [5.74, 6) is 0.326. The van der Waals surface area contributed by atoms with E-state index in [1.54, 1.807) is 12.1 Å². The molecular weight excluding hydrogens is 360 g/mol. The molecule has 0 aliphatic rings. The Bertz CT molecular complexity index is 980. The number of pyridine rings is 1. The minimum Gasteiger partial charge on any atom is -0.368 e. The maximum absolute atomic E-state index is 12.2. The van der Waals surface area contributed by atoms with E-state index >= 15 is 0 Å². The lowest BCUT2D eigenvalue weighted by Crippen LogP contribution is -2.28. The van der Waals surface area contributed by atoms with Crippen LogP contribution in [0.15, 0.2) is 48.7 Å². The van der Waals surface area contributed by atoms with Crippen molar-refractivity contribution in [1.29, 1.82) is 0 Å². The Morgan fingerprint density at radius 3 is 2.46 bits per heavy atom. The fourth-order valence-electron chi connectivity index (χ4n) is 2.71. The van der Waals surface area contributed by atoms with Gasteiger partial charge in [0.1, 0.15) is 12.0 Å². The van der Waals surface area contributed by atoms with Crippen molar-refractivity contribution in [1.82, 2.24) is 20.1 Å². The third-order valence-electron chi connectivity index (χ3n) is 4.06. The molecule has 0 radical (unpaired) electrons. The lowest BCUT2D eigenvalue weighted by Gasteiger charge is -2.08. The number of anilines is 1. The maximum Gasteiger partial charge on any atom is 0.287 e. The molecular formula is C19H20N6O3. The number of aromatic nitrogens is 3.